The molecule has 0 spiro atoms. The molecule has 0 bridgehead atoms. The fourth-order valence-corrected chi connectivity index (χ4v) is 1.85. The summed E-state index contributed by atoms with van der Waals surface area (Å²) in [4.78, 5) is 11.7. The first-order valence-corrected chi connectivity index (χ1v) is 6.24. The molecule has 0 saturated carbocycles. The number of ether oxygens (including phenoxy) is 1. The van der Waals surface area contributed by atoms with Gasteiger partial charge in [-0.2, -0.15) is 0 Å². The number of hydrazine groups is 1. The van der Waals surface area contributed by atoms with Gasteiger partial charge in [0, 0.05) is 13.1 Å². The molecular weight excluding hydrogens is 254 g/mol. The van der Waals surface area contributed by atoms with Gasteiger partial charge in [-0.25, -0.2) is 10.4 Å². The molecule has 1 aliphatic heterocycles. The number of amides is 1. The van der Waals surface area contributed by atoms with E-state index in [9.17, 15) is 4.79 Å². The molecule has 0 radical (unpaired) electrons. The van der Waals surface area contributed by atoms with Gasteiger partial charge in [0.1, 0.15) is 0 Å². The lowest BCUT2D eigenvalue weighted by atomic mass is 10.3. The number of nitrogens with zero attached hydrogens (tertiary/aromatic N) is 1. The van der Waals surface area contributed by atoms with Crippen molar-refractivity contribution in [2.45, 2.75) is 0 Å². The first kappa shape index (κ1) is 13.3. The normalized spacial score (nSPS) is 16.5. The number of halogens is 1. The van der Waals surface area contributed by atoms with Gasteiger partial charge in [-0.15, -0.1) is 0 Å². The summed E-state index contributed by atoms with van der Waals surface area (Å²) in [7, 11) is 0. The van der Waals surface area contributed by atoms with Gasteiger partial charge in [-0.05, 0) is 12.1 Å². The second-order valence-corrected chi connectivity index (χ2v) is 4.37. The third-order valence-electron chi connectivity index (χ3n) is 2.62. The number of carbonyl (C=O) groups is 1. The monoisotopic (exact) mass is 269 g/mol. The summed E-state index contributed by atoms with van der Waals surface area (Å²) in [5, 5.41) is 5.28. The van der Waals surface area contributed by atoms with Crippen LogP contribution in [0, 0.1) is 0 Å². The Kier molecular flexibility index (Phi) is 4.95. The molecule has 0 aromatic heterocycles. The van der Waals surface area contributed by atoms with Gasteiger partial charge in [0.2, 0.25) is 5.91 Å². The molecule has 5 nitrogen and oxygen atoms in total. The lowest BCUT2D eigenvalue weighted by Crippen LogP contribution is -2.48. The van der Waals surface area contributed by atoms with E-state index in [0.717, 1.165) is 13.1 Å². The van der Waals surface area contributed by atoms with E-state index in [1.807, 2.05) is 17.1 Å². The smallest absolute Gasteiger partial charge is 0.239 e. The Labute approximate surface area is 111 Å². The zero-order chi connectivity index (χ0) is 12.8. The fourth-order valence-electron chi connectivity index (χ4n) is 1.66. The first-order valence-electron chi connectivity index (χ1n) is 5.86. The van der Waals surface area contributed by atoms with Crippen LogP contribution >= 0.6 is 11.6 Å². The van der Waals surface area contributed by atoms with Crippen molar-refractivity contribution in [1.82, 2.24) is 10.4 Å². The van der Waals surface area contributed by atoms with E-state index < -0.39 is 0 Å². The fraction of sp³-hybridized carbons (Fsp3) is 0.417. The van der Waals surface area contributed by atoms with Crippen LogP contribution in [-0.2, 0) is 9.53 Å². The SMILES string of the molecule is O=C(CNN1CCOCC1)Nc1ccccc1Cl. The Morgan fingerprint density at radius 1 is 1.33 bits per heavy atom. The lowest BCUT2D eigenvalue weighted by Gasteiger charge is -2.26. The van der Waals surface area contributed by atoms with Crippen molar-refractivity contribution in [3.63, 3.8) is 0 Å². The molecule has 1 fully saturated rings. The Bertz CT molecular complexity index is 408. The van der Waals surface area contributed by atoms with E-state index in [4.69, 9.17) is 16.3 Å². The van der Waals surface area contributed by atoms with Gasteiger partial charge in [-0.3, -0.25) is 4.79 Å². The van der Waals surface area contributed by atoms with E-state index in [2.05, 4.69) is 10.7 Å². The third kappa shape index (κ3) is 3.96. The van der Waals surface area contributed by atoms with E-state index in [1.54, 1.807) is 12.1 Å². The average Bonchev–Trinajstić information content (AvgIpc) is 2.40. The average molecular weight is 270 g/mol. The van der Waals surface area contributed by atoms with Gasteiger partial charge in [0.25, 0.3) is 0 Å². The predicted octanol–water partition coefficient (Wildman–Crippen LogP) is 1.12. The Morgan fingerprint density at radius 3 is 2.78 bits per heavy atom. The van der Waals surface area contributed by atoms with Gasteiger partial charge in [-0.1, -0.05) is 23.7 Å². The van der Waals surface area contributed by atoms with Gasteiger partial charge in [0.15, 0.2) is 0 Å². The number of anilines is 1. The summed E-state index contributed by atoms with van der Waals surface area (Å²) < 4.78 is 5.22. The van der Waals surface area contributed by atoms with Crippen LogP contribution in [0.3, 0.4) is 0 Å². The van der Waals surface area contributed by atoms with Crippen molar-refractivity contribution >= 4 is 23.2 Å². The van der Waals surface area contributed by atoms with Gasteiger partial charge < -0.3 is 10.1 Å². The van der Waals surface area contributed by atoms with Crippen LogP contribution in [0.15, 0.2) is 24.3 Å². The highest BCUT2D eigenvalue weighted by molar-refractivity contribution is 6.33. The maximum Gasteiger partial charge on any atom is 0.239 e. The third-order valence-corrected chi connectivity index (χ3v) is 2.95. The molecule has 1 amide bonds. The van der Waals surface area contributed by atoms with Crippen molar-refractivity contribution < 1.29 is 9.53 Å². The summed E-state index contributed by atoms with van der Waals surface area (Å²) in [6, 6.07) is 7.17. The Morgan fingerprint density at radius 2 is 2.06 bits per heavy atom. The minimum Gasteiger partial charge on any atom is -0.379 e. The predicted molar refractivity (Wildman–Crippen MR) is 70.5 cm³/mol. The molecule has 0 aliphatic carbocycles. The number of benzene rings is 1. The zero-order valence-corrected chi connectivity index (χ0v) is 10.7. The van der Waals surface area contributed by atoms with E-state index >= 15 is 0 Å². The minimum atomic E-state index is -0.116. The van der Waals surface area contributed by atoms with Crippen LogP contribution in [0.1, 0.15) is 0 Å². The summed E-state index contributed by atoms with van der Waals surface area (Å²) >= 11 is 5.96. The topological polar surface area (TPSA) is 53.6 Å². The van der Waals surface area contributed by atoms with Crippen LogP contribution in [0.5, 0.6) is 0 Å². The number of carbonyl (C=O) groups excluding carboxylic acids is 1. The lowest BCUT2D eigenvalue weighted by molar-refractivity contribution is -0.116. The molecule has 1 heterocycles. The molecule has 2 N–H and O–H groups in total. The number of rotatable bonds is 4. The summed E-state index contributed by atoms with van der Waals surface area (Å²) in [5.74, 6) is -0.116. The highest BCUT2D eigenvalue weighted by atomic mass is 35.5. The van der Waals surface area contributed by atoms with Crippen molar-refractivity contribution in [2.24, 2.45) is 0 Å². The highest BCUT2D eigenvalue weighted by Crippen LogP contribution is 2.19. The van der Waals surface area contributed by atoms with Crippen LogP contribution < -0.4 is 10.7 Å². The van der Waals surface area contributed by atoms with Gasteiger partial charge in [0.05, 0.1) is 30.5 Å². The van der Waals surface area contributed by atoms with Crippen molar-refractivity contribution in [3.05, 3.63) is 29.3 Å². The van der Waals surface area contributed by atoms with Crippen molar-refractivity contribution in [3.8, 4) is 0 Å². The van der Waals surface area contributed by atoms with E-state index in [0.29, 0.717) is 23.9 Å². The number of morpholine rings is 1. The molecule has 2 rings (SSSR count). The molecular formula is C12H16ClN3O2. The summed E-state index contributed by atoms with van der Waals surface area (Å²) in [6.07, 6.45) is 0. The standard InChI is InChI=1S/C12H16ClN3O2/c13-10-3-1-2-4-11(10)15-12(17)9-14-16-5-7-18-8-6-16/h1-4,14H,5-9H2,(H,15,17). The van der Waals surface area contributed by atoms with Crippen LogP contribution in [0.25, 0.3) is 0 Å². The largest absolute Gasteiger partial charge is 0.379 e. The Balaban J connectivity index is 1.76. The molecule has 1 aromatic carbocycles. The van der Waals surface area contributed by atoms with Crippen LogP contribution in [-0.4, -0.2) is 43.8 Å². The summed E-state index contributed by atoms with van der Waals surface area (Å²) in [5.41, 5.74) is 3.69. The summed E-state index contributed by atoms with van der Waals surface area (Å²) in [6.45, 7) is 3.20. The number of para-hydroxylation sites is 1. The quantitative estimate of drug-likeness (QED) is 0.860. The Hall–Kier alpha value is -1.14. The molecule has 1 saturated heterocycles. The van der Waals surface area contributed by atoms with Crippen molar-refractivity contribution in [1.29, 1.82) is 0 Å². The number of nitrogens with one attached hydrogen (secondary N) is 2. The second-order valence-electron chi connectivity index (χ2n) is 3.96. The van der Waals surface area contributed by atoms with Crippen LogP contribution in [0.2, 0.25) is 5.02 Å². The maximum absolute atomic E-state index is 11.7. The maximum atomic E-state index is 11.7. The first-order chi connectivity index (χ1) is 8.75. The number of hydrogen-bond donors (Lipinski definition) is 2. The molecule has 0 unspecified atom stereocenters. The highest BCUT2D eigenvalue weighted by Gasteiger charge is 2.11. The second kappa shape index (κ2) is 6.70. The molecule has 6 heteroatoms. The molecule has 1 aromatic rings. The molecule has 1 aliphatic rings. The van der Waals surface area contributed by atoms with Crippen molar-refractivity contribution in [2.75, 3.05) is 38.2 Å². The minimum absolute atomic E-state index is 0.116. The molecule has 18 heavy (non-hydrogen) atoms. The van der Waals surface area contributed by atoms with Gasteiger partial charge >= 0.3 is 0 Å². The van der Waals surface area contributed by atoms with E-state index in [1.165, 1.54) is 0 Å². The molecule has 0 atom stereocenters. The van der Waals surface area contributed by atoms with Crippen LogP contribution in [0.4, 0.5) is 5.69 Å². The molecule has 98 valence electrons. The number of hydrogen-bond acceptors (Lipinski definition) is 4. The van der Waals surface area contributed by atoms with E-state index in [-0.39, 0.29) is 12.5 Å². The zero-order valence-electron chi connectivity index (χ0n) is 9.99.